The van der Waals surface area contributed by atoms with E-state index in [4.69, 9.17) is 8.83 Å². The van der Waals surface area contributed by atoms with Crippen LogP contribution in [0.25, 0.3) is 86.3 Å². The standard InChI is InChI=1S/C48H29NO2S/c1-3-13-30(14-4-1)33-26-27-40(45-38-18-8-10-24-43(38)51-47(33)45)49(41-22-12-20-36-35-17-7-9-23-42(35)50-46(36)41)32-25-28-44-39(29-32)37-21-11-19-34(48(37)52-44)31-15-5-2-6-16-31/h1-29H. The Labute approximate surface area is 303 Å². The van der Waals surface area contributed by atoms with Crippen LogP contribution >= 0.6 is 11.3 Å². The smallest absolute Gasteiger partial charge is 0.159 e. The molecule has 0 fully saturated rings. The second kappa shape index (κ2) is 11.5. The molecule has 0 N–H and O–H groups in total. The zero-order valence-corrected chi connectivity index (χ0v) is 28.7. The monoisotopic (exact) mass is 683 g/mol. The topological polar surface area (TPSA) is 29.5 Å². The van der Waals surface area contributed by atoms with E-state index >= 15 is 0 Å². The number of fused-ring (bicyclic) bond motifs is 9. The fourth-order valence-corrected chi connectivity index (χ4v) is 9.15. The van der Waals surface area contributed by atoms with Gasteiger partial charge in [0.15, 0.2) is 5.58 Å². The predicted octanol–water partition coefficient (Wildman–Crippen LogP) is 14.7. The van der Waals surface area contributed by atoms with Crippen molar-refractivity contribution in [2.24, 2.45) is 0 Å². The lowest BCUT2D eigenvalue weighted by Crippen LogP contribution is -2.10. The highest BCUT2D eigenvalue weighted by Crippen LogP contribution is 2.50. The van der Waals surface area contributed by atoms with Gasteiger partial charge in [0, 0.05) is 47.6 Å². The minimum absolute atomic E-state index is 0.846. The Kier molecular flexibility index (Phi) is 6.42. The van der Waals surface area contributed by atoms with Crippen molar-refractivity contribution < 1.29 is 8.83 Å². The molecule has 0 aliphatic heterocycles. The molecule has 3 aromatic heterocycles. The van der Waals surface area contributed by atoms with Crippen molar-refractivity contribution in [1.29, 1.82) is 0 Å². The first-order valence-corrected chi connectivity index (χ1v) is 18.3. The van der Waals surface area contributed by atoms with Gasteiger partial charge in [-0.25, -0.2) is 0 Å². The maximum absolute atomic E-state index is 6.76. The minimum Gasteiger partial charge on any atom is -0.455 e. The molecule has 52 heavy (non-hydrogen) atoms. The average molecular weight is 684 g/mol. The van der Waals surface area contributed by atoms with Gasteiger partial charge in [-0.15, -0.1) is 11.3 Å². The van der Waals surface area contributed by atoms with E-state index in [1.54, 1.807) is 0 Å². The van der Waals surface area contributed by atoms with Gasteiger partial charge in [-0.1, -0.05) is 127 Å². The number of anilines is 3. The highest BCUT2D eigenvalue weighted by Gasteiger charge is 2.25. The quantitative estimate of drug-likeness (QED) is 0.181. The Bertz CT molecular complexity index is 3130. The van der Waals surface area contributed by atoms with Crippen LogP contribution in [0.5, 0.6) is 0 Å². The first-order valence-electron chi connectivity index (χ1n) is 17.5. The maximum atomic E-state index is 6.76. The summed E-state index contributed by atoms with van der Waals surface area (Å²) in [6.07, 6.45) is 0. The van der Waals surface area contributed by atoms with E-state index in [0.29, 0.717) is 0 Å². The van der Waals surface area contributed by atoms with Crippen LogP contribution < -0.4 is 4.90 Å². The summed E-state index contributed by atoms with van der Waals surface area (Å²) in [5.74, 6) is 0. The number of nitrogens with zero attached hydrogens (tertiary/aromatic N) is 1. The van der Waals surface area contributed by atoms with Gasteiger partial charge in [0.1, 0.15) is 16.7 Å². The summed E-state index contributed by atoms with van der Waals surface area (Å²) in [6, 6.07) is 62.3. The van der Waals surface area contributed by atoms with Gasteiger partial charge in [-0.05, 0) is 65.2 Å². The van der Waals surface area contributed by atoms with Crippen molar-refractivity contribution in [1.82, 2.24) is 0 Å². The molecule has 4 heteroatoms. The molecule has 11 rings (SSSR count). The summed E-state index contributed by atoms with van der Waals surface area (Å²) in [6.45, 7) is 0. The Morgan fingerprint density at radius 1 is 0.404 bits per heavy atom. The molecule has 0 radical (unpaired) electrons. The van der Waals surface area contributed by atoms with E-state index in [-0.39, 0.29) is 0 Å². The van der Waals surface area contributed by atoms with Crippen molar-refractivity contribution in [3.05, 3.63) is 176 Å². The summed E-state index contributed by atoms with van der Waals surface area (Å²) >= 11 is 1.85. The van der Waals surface area contributed by atoms with E-state index in [1.807, 2.05) is 29.5 Å². The highest BCUT2D eigenvalue weighted by atomic mass is 32.1. The first kappa shape index (κ1) is 29.1. The molecule has 0 unspecified atom stereocenters. The summed E-state index contributed by atoms with van der Waals surface area (Å²) < 4.78 is 16.0. The van der Waals surface area contributed by atoms with Crippen LogP contribution in [-0.2, 0) is 0 Å². The summed E-state index contributed by atoms with van der Waals surface area (Å²) in [4.78, 5) is 2.37. The molecule has 0 bridgehead atoms. The third-order valence-corrected chi connectivity index (χ3v) is 11.5. The molecule has 244 valence electrons. The van der Waals surface area contributed by atoms with E-state index in [2.05, 4.69) is 163 Å². The van der Waals surface area contributed by atoms with Gasteiger partial charge in [-0.3, -0.25) is 0 Å². The van der Waals surface area contributed by atoms with Crippen LogP contribution in [0.4, 0.5) is 17.1 Å². The van der Waals surface area contributed by atoms with Gasteiger partial charge >= 0.3 is 0 Å². The van der Waals surface area contributed by atoms with Gasteiger partial charge in [0.2, 0.25) is 0 Å². The SMILES string of the molecule is c1ccc(-c2ccc(N(c3ccc4sc5c(-c6ccccc6)cccc5c4c3)c3cccc4c3oc3ccccc34)c3c2oc2ccccc23)cc1. The van der Waals surface area contributed by atoms with Crippen LogP contribution in [0.1, 0.15) is 0 Å². The van der Waals surface area contributed by atoms with Crippen LogP contribution in [0.15, 0.2) is 185 Å². The van der Waals surface area contributed by atoms with Gasteiger partial charge < -0.3 is 13.7 Å². The molecule has 0 amide bonds. The van der Waals surface area contributed by atoms with E-state index in [1.165, 1.54) is 31.3 Å². The third-order valence-electron chi connectivity index (χ3n) is 10.3. The molecule has 0 saturated heterocycles. The van der Waals surface area contributed by atoms with Crippen molar-refractivity contribution in [2.45, 2.75) is 0 Å². The first-order chi connectivity index (χ1) is 25.8. The fraction of sp³-hybridized carbons (Fsp3) is 0. The largest absolute Gasteiger partial charge is 0.455 e. The Balaban J connectivity index is 1.23. The van der Waals surface area contributed by atoms with Gasteiger partial charge in [0.05, 0.1) is 16.8 Å². The molecule has 0 saturated carbocycles. The number of thiophene rings is 1. The van der Waals surface area contributed by atoms with Gasteiger partial charge in [-0.2, -0.15) is 0 Å². The average Bonchev–Trinajstić information content (AvgIpc) is 3.91. The molecular formula is C48H29NO2S. The summed E-state index contributed by atoms with van der Waals surface area (Å²) in [5, 5.41) is 6.80. The lowest BCUT2D eigenvalue weighted by Gasteiger charge is -2.27. The number of furan rings is 2. The Morgan fingerprint density at radius 3 is 1.85 bits per heavy atom. The zero-order valence-electron chi connectivity index (χ0n) is 27.9. The molecule has 3 nitrogen and oxygen atoms in total. The van der Waals surface area contributed by atoms with Crippen LogP contribution in [-0.4, -0.2) is 0 Å². The molecule has 11 aromatic rings. The molecule has 0 aliphatic carbocycles. The second-order valence-electron chi connectivity index (χ2n) is 13.2. The van der Waals surface area contributed by atoms with Crippen LogP contribution in [0.2, 0.25) is 0 Å². The molecule has 0 aliphatic rings. The molecular weight excluding hydrogens is 655 g/mol. The van der Waals surface area contributed by atoms with Crippen molar-refractivity contribution >= 4 is 92.4 Å². The third kappa shape index (κ3) is 4.38. The van der Waals surface area contributed by atoms with Crippen molar-refractivity contribution in [3.8, 4) is 22.3 Å². The van der Waals surface area contributed by atoms with E-state index in [9.17, 15) is 0 Å². The molecule has 8 aromatic carbocycles. The van der Waals surface area contributed by atoms with Crippen molar-refractivity contribution in [2.75, 3.05) is 4.90 Å². The fourth-order valence-electron chi connectivity index (χ4n) is 7.93. The highest BCUT2D eigenvalue weighted by molar-refractivity contribution is 7.26. The van der Waals surface area contributed by atoms with Gasteiger partial charge in [0.25, 0.3) is 0 Å². The second-order valence-corrected chi connectivity index (χ2v) is 14.3. The van der Waals surface area contributed by atoms with E-state index < -0.39 is 0 Å². The zero-order chi connectivity index (χ0) is 34.2. The number of rotatable bonds is 5. The lowest BCUT2D eigenvalue weighted by molar-refractivity contribution is 0.668. The Hall–Kier alpha value is -6.62. The van der Waals surface area contributed by atoms with E-state index in [0.717, 1.165) is 72.1 Å². The summed E-state index contributed by atoms with van der Waals surface area (Å²) in [5.41, 5.74) is 11.1. The number of benzene rings is 8. The van der Waals surface area contributed by atoms with Crippen LogP contribution in [0.3, 0.4) is 0 Å². The lowest BCUT2D eigenvalue weighted by atomic mass is 9.99. The van der Waals surface area contributed by atoms with Crippen molar-refractivity contribution in [3.63, 3.8) is 0 Å². The molecule has 3 heterocycles. The van der Waals surface area contributed by atoms with Crippen LogP contribution in [0, 0.1) is 0 Å². The summed E-state index contributed by atoms with van der Waals surface area (Å²) in [7, 11) is 0. The number of hydrogen-bond donors (Lipinski definition) is 0. The number of para-hydroxylation sites is 3. The predicted molar refractivity (Wildman–Crippen MR) is 219 cm³/mol. The molecule has 0 spiro atoms. The minimum atomic E-state index is 0.846. The number of hydrogen-bond acceptors (Lipinski definition) is 4. The normalized spacial score (nSPS) is 11.8. The molecule has 0 atom stereocenters. The maximum Gasteiger partial charge on any atom is 0.159 e. The Morgan fingerprint density at radius 2 is 1.04 bits per heavy atom.